The number of hydrogen-bond acceptors (Lipinski definition) is 3. The van der Waals surface area contributed by atoms with Gasteiger partial charge in [0.05, 0.1) is 0 Å². The average Bonchev–Trinajstić information content (AvgIpc) is 2.94. The first kappa shape index (κ1) is 15.8. The van der Waals surface area contributed by atoms with Gasteiger partial charge in [-0.1, -0.05) is 28.8 Å². The summed E-state index contributed by atoms with van der Waals surface area (Å²) in [6, 6.07) is 6.82. The molecule has 1 saturated carbocycles. The van der Waals surface area contributed by atoms with Crippen LogP contribution in [-0.4, -0.2) is 24.0 Å². The minimum atomic E-state index is -0.486. The van der Waals surface area contributed by atoms with E-state index >= 15 is 0 Å². The van der Waals surface area contributed by atoms with Crippen molar-refractivity contribution >= 4 is 33.6 Å². The van der Waals surface area contributed by atoms with E-state index in [-0.39, 0.29) is 11.9 Å². The number of nitrogens with one attached hydrogen (secondary N) is 3. The minimum Gasteiger partial charge on any atom is -0.374 e. The van der Waals surface area contributed by atoms with Crippen LogP contribution in [0.25, 0.3) is 0 Å². The average molecular weight is 354 g/mol. The molecule has 21 heavy (non-hydrogen) atoms. The first-order valence-electron chi connectivity index (χ1n) is 7.18. The van der Waals surface area contributed by atoms with Crippen LogP contribution in [0.1, 0.15) is 32.6 Å². The number of urea groups is 1. The number of carbonyl (C=O) groups excluding carboxylic acids is 2. The standard InChI is InChI=1S/C15H20BrN3O2/c1-10(17-13-8-6-11(16)7-9-13)14(20)19-15(21)18-12-4-2-3-5-12/h6-10,12,17H,2-5H2,1H3,(H2,18,19,20,21). The van der Waals surface area contributed by atoms with Crippen molar-refractivity contribution < 1.29 is 9.59 Å². The van der Waals surface area contributed by atoms with Gasteiger partial charge in [-0.25, -0.2) is 4.79 Å². The summed E-state index contributed by atoms with van der Waals surface area (Å²) < 4.78 is 0.973. The molecule has 0 saturated heterocycles. The van der Waals surface area contributed by atoms with Gasteiger partial charge in [-0.2, -0.15) is 0 Å². The van der Waals surface area contributed by atoms with E-state index in [4.69, 9.17) is 0 Å². The number of benzene rings is 1. The predicted molar refractivity (Wildman–Crippen MR) is 86.2 cm³/mol. The Hall–Kier alpha value is -1.56. The highest BCUT2D eigenvalue weighted by molar-refractivity contribution is 9.10. The Morgan fingerprint density at radius 2 is 1.81 bits per heavy atom. The van der Waals surface area contributed by atoms with Gasteiger partial charge in [0.1, 0.15) is 6.04 Å². The molecule has 0 heterocycles. The predicted octanol–water partition coefficient (Wildman–Crippen LogP) is 3.02. The molecule has 1 aromatic carbocycles. The molecule has 3 amide bonds. The molecule has 0 bridgehead atoms. The topological polar surface area (TPSA) is 70.2 Å². The third-order valence-corrected chi connectivity index (χ3v) is 4.08. The summed E-state index contributed by atoms with van der Waals surface area (Å²) in [6.45, 7) is 1.72. The molecule has 2 rings (SSSR count). The number of amides is 3. The van der Waals surface area contributed by atoms with Crippen molar-refractivity contribution in [3.63, 3.8) is 0 Å². The molecule has 1 unspecified atom stereocenters. The van der Waals surface area contributed by atoms with Crippen molar-refractivity contribution in [1.82, 2.24) is 10.6 Å². The Bertz CT molecular complexity index is 498. The van der Waals surface area contributed by atoms with Gasteiger partial charge in [-0.3, -0.25) is 10.1 Å². The van der Waals surface area contributed by atoms with Crippen LogP contribution in [0.3, 0.4) is 0 Å². The summed E-state index contributed by atoms with van der Waals surface area (Å²) in [4.78, 5) is 23.7. The summed E-state index contributed by atoms with van der Waals surface area (Å²) in [6.07, 6.45) is 4.27. The molecule has 3 N–H and O–H groups in total. The molecule has 0 aromatic heterocycles. The van der Waals surface area contributed by atoms with Crippen LogP contribution in [0.15, 0.2) is 28.7 Å². The summed E-state index contributed by atoms with van der Waals surface area (Å²) in [5.41, 5.74) is 0.831. The van der Waals surface area contributed by atoms with E-state index < -0.39 is 12.1 Å². The number of carbonyl (C=O) groups is 2. The zero-order valence-corrected chi connectivity index (χ0v) is 13.6. The quantitative estimate of drug-likeness (QED) is 0.779. The lowest BCUT2D eigenvalue weighted by Gasteiger charge is -2.16. The SMILES string of the molecule is CC(Nc1ccc(Br)cc1)C(=O)NC(=O)NC1CCCC1. The fourth-order valence-corrected chi connectivity index (χ4v) is 2.64. The first-order valence-corrected chi connectivity index (χ1v) is 7.97. The van der Waals surface area contributed by atoms with E-state index in [0.29, 0.717) is 0 Å². The Labute approximate surface area is 133 Å². The number of halogens is 1. The molecule has 1 aliphatic carbocycles. The molecule has 6 heteroatoms. The van der Waals surface area contributed by atoms with Crippen molar-refractivity contribution in [3.05, 3.63) is 28.7 Å². The van der Waals surface area contributed by atoms with Crippen LogP contribution >= 0.6 is 15.9 Å². The molecule has 1 atom stereocenters. The van der Waals surface area contributed by atoms with E-state index in [0.717, 1.165) is 35.8 Å². The van der Waals surface area contributed by atoms with Crippen LogP contribution in [0, 0.1) is 0 Å². The Morgan fingerprint density at radius 1 is 1.19 bits per heavy atom. The number of imide groups is 1. The van der Waals surface area contributed by atoms with Crippen molar-refractivity contribution in [1.29, 1.82) is 0 Å². The molecular weight excluding hydrogens is 334 g/mol. The maximum Gasteiger partial charge on any atom is 0.321 e. The van der Waals surface area contributed by atoms with E-state index in [9.17, 15) is 9.59 Å². The lowest BCUT2D eigenvalue weighted by molar-refractivity contribution is -0.120. The van der Waals surface area contributed by atoms with Crippen molar-refractivity contribution in [2.24, 2.45) is 0 Å². The summed E-state index contributed by atoms with van der Waals surface area (Å²) in [5, 5.41) is 8.26. The van der Waals surface area contributed by atoms with Crippen LogP contribution < -0.4 is 16.0 Å². The fraction of sp³-hybridized carbons (Fsp3) is 0.467. The Kier molecular flexibility index (Phi) is 5.61. The molecule has 5 nitrogen and oxygen atoms in total. The van der Waals surface area contributed by atoms with Gasteiger partial charge in [0.25, 0.3) is 0 Å². The van der Waals surface area contributed by atoms with E-state index in [1.54, 1.807) is 6.92 Å². The van der Waals surface area contributed by atoms with E-state index in [2.05, 4.69) is 31.9 Å². The monoisotopic (exact) mass is 353 g/mol. The summed E-state index contributed by atoms with van der Waals surface area (Å²) in [5.74, 6) is -0.339. The normalized spacial score (nSPS) is 16.3. The summed E-state index contributed by atoms with van der Waals surface area (Å²) >= 11 is 3.35. The van der Waals surface area contributed by atoms with Gasteiger partial charge in [-0.15, -0.1) is 0 Å². The highest BCUT2D eigenvalue weighted by atomic mass is 79.9. The number of rotatable bonds is 4. The largest absolute Gasteiger partial charge is 0.374 e. The Morgan fingerprint density at radius 3 is 2.43 bits per heavy atom. The molecule has 0 radical (unpaired) electrons. The van der Waals surface area contributed by atoms with Gasteiger partial charge >= 0.3 is 6.03 Å². The van der Waals surface area contributed by atoms with Crippen LogP contribution in [-0.2, 0) is 4.79 Å². The second kappa shape index (κ2) is 7.45. The zero-order chi connectivity index (χ0) is 15.2. The van der Waals surface area contributed by atoms with Gasteiger partial charge in [0.2, 0.25) is 5.91 Å². The third kappa shape index (κ3) is 5.04. The van der Waals surface area contributed by atoms with Crippen molar-refractivity contribution in [3.8, 4) is 0 Å². The smallest absolute Gasteiger partial charge is 0.321 e. The highest BCUT2D eigenvalue weighted by Crippen LogP contribution is 2.17. The lowest BCUT2D eigenvalue weighted by Crippen LogP contribution is -2.48. The molecule has 0 spiro atoms. The second-order valence-corrected chi connectivity index (χ2v) is 6.23. The maximum absolute atomic E-state index is 12.0. The lowest BCUT2D eigenvalue weighted by atomic mass is 10.2. The molecular formula is C15H20BrN3O2. The summed E-state index contributed by atoms with van der Waals surface area (Å²) in [7, 11) is 0. The Balaban J connectivity index is 1.78. The number of anilines is 1. The highest BCUT2D eigenvalue weighted by Gasteiger charge is 2.20. The van der Waals surface area contributed by atoms with Gasteiger partial charge in [0.15, 0.2) is 0 Å². The second-order valence-electron chi connectivity index (χ2n) is 5.32. The molecule has 0 aliphatic heterocycles. The van der Waals surface area contributed by atoms with Gasteiger partial charge in [-0.05, 0) is 44.0 Å². The van der Waals surface area contributed by atoms with Crippen LogP contribution in [0.4, 0.5) is 10.5 Å². The molecule has 1 aliphatic rings. The third-order valence-electron chi connectivity index (χ3n) is 3.55. The fourth-order valence-electron chi connectivity index (χ4n) is 2.37. The minimum absolute atomic E-state index is 0.201. The first-order chi connectivity index (χ1) is 10.0. The van der Waals surface area contributed by atoms with E-state index in [1.807, 2.05) is 24.3 Å². The van der Waals surface area contributed by atoms with Gasteiger partial charge < -0.3 is 10.6 Å². The van der Waals surface area contributed by atoms with Crippen LogP contribution in [0.2, 0.25) is 0 Å². The van der Waals surface area contributed by atoms with E-state index in [1.165, 1.54) is 0 Å². The van der Waals surface area contributed by atoms with Crippen molar-refractivity contribution in [2.45, 2.75) is 44.7 Å². The number of hydrogen-bond donors (Lipinski definition) is 3. The van der Waals surface area contributed by atoms with Crippen LogP contribution in [0.5, 0.6) is 0 Å². The molecule has 1 aromatic rings. The van der Waals surface area contributed by atoms with Gasteiger partial charge in [0, 0.05) is 16.2 Å². The molecule has 114 valence electrons. The zero-order valence-electron chi connectivity index (χ0n) is 12.0. The van der Waals surface area contributed by atoms with Crippen molar-refractivity contribution in [2.75, 3.05) is 5.32 Å². The molecule has 1 fully saturated rings. The maximum atomic E-state index is 12.0.